The number of rotatable bonds is 0. The van der Waals surface area contributed by atoms with E-state index in [4.69, 9.17) is 5.73 Å². The van der Waals surface area contributed by atoms with Gasteiger partial charge in [0.2, 0.25) is 5.43 Å². The number of anilines is 1. The van der Waals surface area contributed by atoms with Crippen LogP contribution >= 0.6 is 24.8 Å². The molecular weight excluding hydrogens is 215 g/mol. The van der Waals surface area contributed by atoms with Crippen molar-refractivity contribution >= 4 is 41.8 Å². The number of pyridine rings is 1. The lowest BCUT2D eigenvalue weighted by Gasteiger charge is -1.90. The summed E-state index contributed by atoms with van der Waals surface area (Å²) in [5.41, 5.74) is 6.18. The Morgan fingerprint density at radius 1 is 1.38 bits per heavy atom. The van der Waals surface area contributed by atoms with Gasteiger partial charge in [0, 0.05) is 6.07 Å². The molecule has 0 spiro atoms. The van der Waals surface area contributed by atoms with E-state index in [2.05, 4.69) is 15.0 Å². The highest BCUT2D eigenvalue weighted by Gasteiger charge is 2.00. The Morgan fingerprint density at radius 3 is 2.77 bits per heavy atom. The van der Waals surface area contributed by atoms with Crippen molar-refractivity contribution in [2.45, 2.75) is 0 Å². The van der Waals surface area contributed by atoms with Crippen LogP contribution in [0.4, 0.5) is 5.82 Å². The van der Waals surface area contributed by atoms with Gasteiger partial charge in [0.25, 0.3) is 0 Å². The summed E-state index contributed by atoms with van der Waals surface area (Å²) < 4.78 is 0. The Labute approximate surface area is 85.6 Å². The van der Waals surface area contributed by atoms with E-state index >= 15 is 0 Å². The van der Waals surface area contributed by atoms with Crippen LogP contribution < -0.4 is 11.2 Å². The molecule has 2 aromatic rings. The maximum Gasteiger partial charge on any atom is 0.209 e. The molecule has 2 heterocycles. The van der Waals surface area contributed by atoms with Crippen LogP contribution in [0.15, 0.2) is 17.2 Å². The second-order valence-electron chi connectivity index (χ2n) is 2.22. The van der Waals surface area contributed by atoms with Gasteiger partial charge in [-0.25, -0.2) is 4.98 Å². The predicted octanol–water partition coefficient (Wildman–Crippen LogP) is 0.677. The number of aromatic nitrogens is 3. The van der Waals surface area contributed by atoms with E-state index in [0.717, 1.165) is 0 Å². The molecule has 2 rings (SSSR count). The molecule has 13 heavy (non-hydrogen) atoms. The van der Waals surface area contributed by atoms with E-state index in [1.165, 1.54) is 12.4 Å². The van der Waals surface area contributed by atoms with Crippen LogP contribution in [-0.2, 0) is 0 Å². The van der Waals surface area contributed by atoms with Crippen LogP contribution in [-0.4, -0.2) is 15.0 Å². The largest absolute Gasteiger partial charge is 0.385 e. The van der Waals surface area contributed by atoms with Gasteiger partial charge in [0.15, 0.2) is 5.65 Å². The molecule has 72 valence electrons. The highest BCUT2D eigenvalue weighted by Crippen LogP contribution is 2.01. The third-order valence-electron chi connectivity index (χ3n) is 1.44. The van der Waals surface area contributed by atoms with E-state index in [-0.39, 0.29) is 30.2 Å². The molecule has 0 aliphatic carbocycles. The molecule has 0 unspecified atom stereocenters. The number of nitrogens with one attached hydrogen (secondary N) is 2. The van der Waals surface area contributed by atoms with E-state index in [0.29, 0.717) is 17.0 Å². The highest BCUT2D eigenvalue weighted by molar-refractivity contribution is 5.85. The molecule has 4 N–H and O–H groups in total. The van der Waals surface area contributed by atoms with Crippen molar-refractivity contribution in [1.29, 1.82) is 0 Å². The van der Waals surface area contributed by atoms with Gasteiger partial charge in [-0.3, -0.25) is 4.79 Å². The van der Waals surface area contributed by atoms with Crippen LogP contribution in [0.2, 0.25) is 0 Å². The Balaban J connectivity index is 0.000000720. The number of nitrogens with two attached hydrogens (primary N) is 1. The standard InChI is InChI=1S/C6H6N4O.2ClH/c7-4-1-3(11)5-6(10-4)9-2-8-5;;/h1-2H,(H4,7,8,9,10,11);2*1H. The minimum absolute atomic E-state index is 0. The Bertz CT molecular complexity index is 449. The van der Waals surface area contributed by atoms with Crippen molar-refractivity contribution in [1.82, 2.24) is 15.0 Å². The molecule has 0 radical (unpaired) electrons. The fraction of sp³-hybridized carbons (Fsp3) is 0. The summed E-state index contributed by atoms with van der Waals surface area (Å²) in [5.74, 6) is 0.328. The molecule has 0 saturated carbocycles. The summed E-state index contributed by atoms with van der Waals surface area (Å²) in [6.45, 7) is 0. The van der Waals surface area contributed by atoms with Gasteiger partial charge in [-0.05, 0) is 0 Å². The molecule has 2 aromatic heterocycles. The number of imidazole rings is 1. The third kappa shape index (κ3) is 1.93. The lowest BCUT2D eigenvalue weighted by molar-refractivity contribution is 1.30. The summed E-state index contributed by atoms with van der Waals surface area (Å²) in [6, 6.07) is 1.32. The second-order valence-corrected chi connectivity index (χ2v) is 2.22. The van der Waals surface area contributed by atoms with Crippen LogP contribution in [0.3, 0.4) is 0 Å². The first kappa shape index (κ1) is 11.8. The quantitative estimate of drug-likeness (QED) is 0.613. The molecule has 7 heteroatoms. The average molecular weight is 223 g/mol. The highest BCUT2D eigenvalue weighted by atomic mass is 35.5. The van der Waals surface area contributed by atoms with Gasteiger partial charge >= 0.3 is 0 Å². The number of hydrogen-bond donors (Lipinski definition) is 3. The van der Waals surface area contributed by atoms with Crippen molar-refractivity contribution in [2.24, 2.45) is 0 Å². The summed E-state index contributed by atoms with van der Waals surface area (Å²) in [5, 5.41) is 0. The summed E-state index contributed by atoms with van der Waals surface area (Å²) in [4.78, 5) is 20.4. The average Bonchev–Trinajstić information content (AvgIpc) is 2.34. The molecule has 0 amide bonds. The van der Waals surface area contributed by atoms with Crippen molar-refractivity contribution in [2.75, 3.05) is 5.73 Å². The van der Waals surface area contributed by atoms with Gasteiger partial charge in [0.05, 0.1) is 6.33 Å². The van der Waals surface area contributed by atoms with Crippen molar-refractivity contribution in [3.63, 3.8) is 0 Å². The summed E-state index contributed by atoms with van der Waals surface area (Å²) in [7, 11) is 0. The Morgan fingerprint density at radius 2 is 2.08 bits per heavy atom. The fourth-order valence-electron chi connectivity index (χ4n) is 0.963. The number of fused-ring (bicyclic) bond motifs is 1. The van der Waals surface area contributed by atoms with Gasteiger partial charge in [0.1, 0.15) is 11.3 Å². The monoisotopic (exact) mass is 222 g/mol. The number of nitrogens with zero attached hydrogens (tertiary/aromatic N) is 1. The van der Waals surface area contributed by atoms with Crippen LogP contribution in [0.1, 0.15) is 0 Å². The van der Waals surface area contributed by atoms with E-state index in [9.17, 15) is 4.79 Å². The smallest absolute Gasteiger partial charge is 0.209 e. The van der Waals surface area contributed by atoms with Crippen molar-refractivity contribution < 1.29 is 0 Å². The number of halogens is 2. The first-order valence-corrected chi connectivity index (χ1v) is 3.09. The van der Waals surface area contributed by atoms with Gasteiger partial charge in [-0.2, -0.15) is 0 Å². The lowest BCUT2D eigenvalue weighted by atomic mass is 10.4. The molecule has 0 saturated heterocycles. The number of nitrogen functional groups attached to an aromatic ring is 1. The Kier molecular flexibility index (Phi) is 3.77. The van der Waals surface area contributed by atoms with Gasteiger partial charge in [-0.15, -0.1) is 24.8 Å². The van der Waals surface area contributed by atoms with Gasteiger partial charge < -0.3 is 15.7 Å². The van der Waals surface area contributed by atoms with Crippen molar-refractivity contribution in [3.8, 4) is 0 Å². The normalized spacial score (nSPS) is 8.92. The van der Waals surface area contributed by atoms with Gasteiger partial charge in [-0.1, -0.05) is 0 Å². The minimum atomic E-state index is -0.145. The lowest BCUT2D eigenvalue weighted by Crippen LogP contribution is -2.04. The van der Waals surface area contributed by atoms with Crippen LogP contribution in [0.5, 0.6) is 0 Å². The molecule has 0 aromatic carbocycles. The van der Waals surface area contributed by atoms with Crippen molar-refractivity contribution in [3.05, 3.63) is 22.6 Å². The first-order valence-electron chi connectivity index (χ1n) is 3.09. The molecule has 0 atom stereocenters. The zero-order chi connectivity index (χ0) is 7.84. The molecule has 0 bridgehead atoms. The van der Waals surface area contributed by atoms with E-state index in [1.54, 1.807) is 0 Å². The zero-order valence-electron chi connectivity index (χ0n) is 6.40. The molecule has 5 nitrogen and oxygen atoms in total. The zero-order valence-corrected chi connectivity index (χ0v) is 8.04. The van der Waals surface area contributed by atoms with Crippen LogP contribution in [0.25, 0.3) is 11.2 Å². The number of hydrogen-bond acceptors (Lipinski definition) is 3. The summed E-state index contributed by atoms with van der Waals surface area (Å²) in [6.07, 6.45) is 1.45. The molecule has 0 aliphatic heterocycles. The molecule has 0 aliphatic rings. The molecular formula is C6H8Cl2N4O. The second kappa shape index (κ2) is 4.15. The minimum Gasteiger partial charge on any atom is -0.385 e. The number of H-pyrrole nitrogens is 2. The van der Waals surface area contributed by atoms with Crippen LogP contribution in [0, 0.1) is 0 Å². The maximum atomic E-state index is 11.1. The summed E-state index contributed by atoms with van der Waals surface area (Å²) >= 11 is 0. The van der Waals surface area contributed by atoms with E-state index < -0.39 is 0 Å². The first-order chi connectivity index (χ1) is 5.27. The topological polar surface area (TPSA) is 87.6 Å². The van der Waals surface area contributed by atoms with E-state index in [1.807, 2.05) is 0 Å². The molecule has 0 fully saturated rings. The SMILES string of the molecule is Cl.Cl.Nc1cc(=O)c2[nH]cnc2[nH]1. The maximum absolute atomic E-state index is 11.1. The number of aromatic amines is 2. The fourth-order valence-corrected chi connectivity index (χ4v) is 0.963. The Hall–Kier alpha value is -1.20. The third-order valence-corrected chi connectivity index (χ3v) is 1.44. The predicted molar refractivity (Wildman–Crippen MR) is 55.6 cm³/mol.